The molecule has 27 heavy (non-hydrogen) atoms. The van der Waals surface area contributed by atoms with Gasteiger partial charge in [-0.05, 0) is 91.8 Å². The van der Waals surface area contributed by atoms with Crippen molar-refractivity contribution in [3.63, 3.8) is 0 Å². The molecule has 6 fully saturated rings. The van der Waals surface area contributed by atoms with Gasteiger partial charge in [0.05, 0.1) is 11.7 Å². The summed E-state index contributed by atoms with van der Waals surface area (Å²) < 4.78 is 6.42. The second kappa shape index (κ2) is 4.68. The summed E-state index contributed by atoms with van der Waals surface area (Å²) in [5.74, 6) is 5.69. The van der Waals surface area contributed by atoms with Crippen LogP contribution >= 0.6 is 0 Å². The monoisotopic (exact) mass is 370 g/mol. The molecule has 0 aromatic heterocycles. The molecule has 7 rings (SSSR count). The Morgan fingerprint density at radius 1 is 0.963 bits per heavy atom. The van der Waals surface area contributed by atoms with Crippen LogP contribution in [0.4, 0.5) is 0 Å². The molecular weight excluding hydrogens is 336 g/mol. The van der Waals surface area contributed by atoms with E-state index in [1.54, 1.807) is 5.57 Å². The van der Waals surface area contributed by atoms with Crippen LogP contribution in [0.1, 0.15) is 65.2 Å². The van der Waals surface area contributed by atoms with Crippen molar-refractivity contribution in [3.8, 4) is 0 Å². The molecule has 0 bridgehead atoms. The van der Waals surface area contributed by atoms with E-state index in [0.717, 1.165) is 60.7 Å². The summed E-state index contributed by atoms with van der Waals surface area (Å²) in [7, 11) is 0. The summed E-state index contributed by atoms with van der Waals surface area (Å²) in [6.07, 6.45) is 10.9. The lowest BCUT2D eigenvalue weighted by atomic mass is 9.45. The molecule has 2 N–H and O–H groups in total. The number of aliphatic hydroxyl groups is 2. The maximum absolute atomic E-state index is 10.3. The standard InChI is InChI=1S/C24H34O3/c1-22-6-3-12(25)9-17(22)13-10-14(13)20-16(22)4-7-23(2)21(20)15-11-18(15)24(23)8-5-19(26)27-24/h9,12-16,18-21,25-26H,3-8,10-11H2,1-2H3/t12?,13-,14+,15-,16+,18+,19?,20-,21+,22-,23+,24+/m1/s1. The Bertz CT molecular complexity index is 746. The van der Waals surface area contributed by atoms with E-state index < -0.39 is 6.29 Å². The molecule has 148 valence electrons. The van der Waals surface area contributed by atoms with Crippen molar-refractivity contribution in [3.05, 3.63) is 11.6 Å². The number of rotatable bonds is 0. The highest BCUT2D eigenvalue weighted by atomic mass is 16.6. The largest absolute Gasteiger partial charge is 0.389 e. The number of hydrogen-bond acceptors (Lipinski definition) is 3. The topological polar surface area (TPSA) is 49.7 Å². The molecule has 2 unspecified atom stereocenters. The number of hydrogen-bond donors (Lipinski definition) is 2. The maximum Gasteiger partial charge on any atom is 0.155 e. The maximum atomic E-state index is 10.3. The first-order valence-electron chi connectivity index (χ1n) is 11.7. The van der Waals surface area contributed by atoms with Crippen LogP contribution in [0.2, 0.25) is 0 Å². The molecule has 1 heterocycles. The van der Waals surface area contributed by atoms with Gasteiger partial charge < -0.3 is 14.9 Å². The Labute approximate surface area is 162 Å². The van der Waals surface area contributed by atoms with Crippen LogP contribution < -0.4 is 0 Å². The molecule has 7 aliphatic rings. The predicted molar refractivity (Wildman–Crippen MR) is 101 cm³/mol. The molecule has 1 spiro atoms. The molecule has 0 aromatic rings. The Balaban J connectivity index is 1.32. The van der Waals surface area contributed by atoms with Crippen LogP contribution in [0.3, 0.4) is 0 Å². The molecule has 0 aromatic carbocycles. The molecule has 12 atom stereocenters. The van der Waals surface area contributed by atoms with Crippen molar-refractivity contribution >= 4 is 0 Å². The van der Waals surface area contributed by atoms with Crippen molar-refractivity contribution in [1.29, 1.82) is 0 Å². The lowest BCUT2D eigenvalue weighted by molar-refractivity contribution is -0.210. The number of allylic oxidation sites excluding steroid dienone is 1. The van der Waals surface area contributed by atoms with Crippen molar-refractivity contribution in [2.75, 3.05) is 0 Å². The van der Waals surface area contributed by atoms with Crippen LogP contribution in [0.5, 0.6) is 0 Å². The Hall–Kier alpha value is -0.380. The third-order valence-corrected chi connectivity index (χ3v) is 11.1. The smallest absolute Gasteiger partial charge is 0.155 e. The van der Waals surface area contributed by atoms with E-state index in [-0.39, 0.29) is 17.1 Å². The van der Waals surface area contributed by atoms with E-state index in [9.17, 15) is 10.2 Å². The van der Waals surface area contributed by atoms with Crippen molar-refractivity contribution in [2.45, 2.75) is 83.2 Å². The lowest BCUT2D eigenvalue weighted by Gasteiger charge is -2.60. The van der Waals surface area contributed by atoms with Crippen molar-refractivity contribution in [2.24, 2.45) is 52.3 Å². The molecular formula is C24H34O3. The van der Waals surface area contributed by atoms with Gasteiger partial charge in [-0.25, -0.2) is 0 Å². The van der Waals surface area contributed by atoms with Gasteiger partial charge >= 0.3 is 0 Å². The molecule has 0 radical (unpaired) electrons. The van der Waals surface area contributed by atoms with Crippen LogP contribution in [0, 0.1) is 52.3 Å². The van der Waals surface area contributed by atoms with Gasteiger partial charge in [-0.3, -0.25) is 0 Å². The van der Waals surface area contributed by atoms with Crippen LogP contribution in [-0.2, 0) is 4.74 Å². The third-order valence-electron chi connectivity index (χ3n) is 11.1. The van der Waals surface area contributed by atoms with E-state index in [2.05, 4.69) is 19.9 Å². The normalized spacial score (nSPS) is 67.7. The first-order valence-corrected chi connectivity index (χ1v) is 11.7. The highest BCUT2D eigenvalue weighted by Gasteiger charge is 2.80. The first kappa shape index (κ1) is 16.4. The molecule has 0 amide bonds. The van der Waals surface area contributed by atoms with Crippen LogP contribution in [0.15, 0.2) is 11.6 Å². The van der Waals surface area contributed by atoms with E-state index in [4.69, 9.17) is 4.74 Å². The lowest BCUT2D eigenvalue weighted by Crippen LogP contribution is -2.57. The fraction of sp³-hybridized carbons (Fsp3) is 0.917. The van der Waals surface area contributed by atoms with Crippen LogP contribution in [-0.4, -0.2) is 28.2 Å². The Kier molecular flexibility index (Phi) is 2.84. The third kappa shape index (κ3) is 1.70. The first-order chi connectivity index (χ1) is 12.9. The minimum atomic E-state index is -0.522. The van der Waals surface area contributed by atoms with E-state index in [0.29, 0.717) is 5.41 Å². The highest BCUT2D eigenvalue weighted by molar-refractivity contribution is 5.36. The number of fused-ring (bicyclic) bond motifs is 12. The van der Waals surface area contributed by atoms with Gasteiger partial charge in [-0.15, -0.1) is 0 Å². The fourth-order valence-corrected chi connectivity index (χ4v) is 10.0. The molecule has 5 saturated carbocycles. The quantitative estimate of drug-likeness (QED) is 0.636. The van der Waals surface area contributed by atoms with Gasteiger partial charge in [-0.2, -0.15) is 0 Å². The summed E-state index contributed by atoms with van der Waals surface area (Å²) in [5, 5.41) is 20.5. The minimum absolute atomic E-state index is 0.0170. The molecule has 6 aliphatic carbocycles. The summed E-state index contributed by atoms with van der Waals surface area (Å²) in [5.41, 5.74) is 2.23. The highest BCUT2D eigenvalue weighted by Crippen LogP contribution is 2.82. The van der Waals surface area contributed by atoms with E-state index in [1.165, 1.54) is 32.1 Å². The molecule has 1 saturated heterocycles. The summed E-state index contributed by atoms with van der Waals surface area (Å²) >= 11 is 0. The van der Waals surface area contributed by atoms with Crippen LogP contribution in [0.25, 0.3) is 0 Å². The Morgan fingerprint density at radius 2 is 1.81 bits per heavy atom. The van der Waals surface area contributed by atoms with Gasteiger partial charge in [-0.1, -0.05) is 25.5 Å². The zero-order chi connectivity index (χ0) is 18.3. The van der Waals surface area contributed by atoms with Gasteiger partial charge in [0.25, 0.3) is 0 Å². The minimum Gasteiger partial charge on any atom is -0.389 e. The van der Waals surface area contributed by atoms with Crippen molar-refractivity contribution in [1.82, 2.24) is 0 Å². The molecule has 3 nitrogen and oxygen atoms in total. The van der Waals surface area contributed by atoms with Gasteiger partial charge in [0.1, 0.15) is 0 Å². The predicted octanol–water partition coefficient (Wildman–Crippen LogP) is 3.89. The zero-order valence-electron chi connectivity index (χ0n) is 16.7. The van der Waals surface area contributed by atoms with E-state index >= 15 is 0 Å². The fourth-order valence-electron chi connectivity index (χ4n) is 10.0. The van der Waals surface area contributed by atoms with Gasteiger partial charge in [0, 0.05) is 11.8 Å². The second-order valence-corrected chi connectivity index (χ2v) is 11.8. The van der Waals surface area contributed by atoms with Crippen molar-refractivity contribution < 1.29 is 14.9 Å². The number of aliphatic hydroxyl groups excluding tert-OH is 2. The second-order valence-electron chi connectivity index (χ2n) is 11.8. The van der Waals surface area contributed by atoms with E-state index in [1.807, 2.05) is 0 Å². The SMILES string of the molecule is C[C@]12CCC(O)C=C1[C@@H]1C[C@@H]1[C@H]1[C@@H]3[C@@H]4C[C@@H]4[C@@]4(CCC(O)O4)[C@@]3(C)CC[C@@H]12. The number of ether oxygens (including phenoxy) is 1. The Morgan fingerprint density at radius 3 is 2.59 bits per heavy atom. The average molecular weight is 371 g/mol. The molecule has 3 heteroatoms. The summed E-state index contributed by atoms with van der Waals surface area (Å²) in [6, 6.07) is 0. The average Bonchev–Trinajstić information content (AvgIpc) is 3.53. The van der Waals surface area contributed by atoms with Gasteiger partial charge in [0.2, 0.25) is 0 Å². The molecule has 1 aliphatic heterocycles. The zero-order valence-corrected chi connectivity index (χ0v) is 16.7. The summed E-state index contributed by atoms with van der Waals surface area (Å²) in [4.78, 5) is 0. The summed E-state index contributed by atoms with van der Waals surface area (Å²) in [6.45, 7) is 5.10. The van der Waals surface area contributed by atoms with Gasteiger partial charge in [0.15, 0.2) is 6.29 Å².